The normalized spacial score (nSPS) is 8.25. The van der Waals surface area contributed by atoms with Crippen LogP contribution in [0.3, 0.4) is 0 Å². The fourth-order valence-corrected chi connectivity index (χ4v) is 0.224. The van der Waals surface area contributed by atoms with E-state index < -0.39 is 0 Å². The van der Waals surface area contributed by atoms with Gasteiger partial charge in [-0.3, -0.25) is 5.84 Å². The summed E-state index contributed by atoms with van der Waals surface area (Å²) in [4.78, 5) is 0. The molecule has 0 aromatic heterocycles. The fraction of sp³-hybridized carbons (Fsp3) is 0.833. The molecule has 0 aliphatic rings. The molecule has 0 amide bonds. The van der Waals surface area contributed by atoms with Gasteiger partial charge in [0.05, 0.1) is 0 Å². The first kappa shape index (κ1) is 10.8. The van der Waals surface area contributed by atoms with E-state index in [1.54, 1.807) is 11.9 Å². The zero-order valence-corrected chi connectivity index (χ0v) is 6.15. The van der Waals surface area contributed by atoms with Crippen molar-refractivity contribution in [3.8, 4) is 0 Å². The van der Waals surface area contributed by atoms with Crippen molar-refractivity contribution in [3.63, 3.8) is 0 Å². The Labute approximate surface area is 52.6 Å². The lowest BCUT2D eigenvalue weighted by Gasteiger charge is -2.07. The molecule has 2 N–H and O–H groups in total. The largest absolute Gasteiger partial charge is 0.269 e. The van der Waals surface area contributed by atoms with Gasteiger partial charge < -0.3 is 0 Å². The van der Waals surface area contributed by atoms with E-state index in [2.05, 4.69) is 6.92 Å². The Balaban J connectivity index is 0. The van der Waals surface area contributed by atoms with E-state index in [1.165, 1.54) is 0 Å². The van der Waals surface area contributed by atoms with E-state index in [1.807, 2.05) is 13.8 Å². The summed E-state index contributed by atoms with van der Waals surface area (Å²) in [6, 6.07) is 0. The van der Waals surface area contributed by atoms with Crippen LogP contribution in [0.5, 0.6) is 0 Å². The molecule has 0 atom stereocenters. The number of nitrogens with two attached hydrogens (primary N) is 1. The third-order valence-corrected chi connectivity index (χ3v) is 0.812. The lowest BCUT2D eigenvalue weighted by atomic mass is 10.6. The molecular weight excluding hydrogens is 100 g/mol. The molecule has 0 saturated heterocycles. The van der Waals surface area contributed by atoms with Gasteiger partial charge in [-0.15, -0.1) is 0 Å². The molecule has 0 saturated carbocycles. The highest BCUT2D eigenvalue weighted by Gasteiger charge is 1.82. The van der Waals surface area contributed by atoms with Crippen LogP contribution in [-0.4, -0.2) is 18.1 Å². The fourth-order valence-electron chi connectivity index (χ4n) is 0.224. The van der Waals surface area contributed by atoms with Gasteiger partial charge in [-0.1, -0.05) is 27.7 Å². The number of hydrogen-bond donors (Lipinski definition) is 1. The molecule has 8 heavy (non-hydrogen) atoms. The summed E-state index contributed by atoms with van der Waals surface area (Å²) in [7, 11) is 0. The van der Waals surface area contributed by atoms with Gasteiger partial charge >= 0.3 is 0 Å². The number of hydrogen-bond acceptors (Lipinski definition) is 2. The SMILES string of the molecule is CCN(N)CC.[CH2]C. The monoisotopic (exact) mass is 117 g/mol. The molecule has 0 spiro atoms. The second-order valence-electron chi connectivity index (χ2n) is 1.22. The van der Waals surface area contributed by atoms with Crippen LogP contribution in [0.2, 0.25) is 0 Å². The molecule has 1 radical (unpaired) electrons. The molecule has 0 fully saturated rings. The van der Waals surface area contributed by atoms with Crippen molar-refractivity contribution in [2.45, 2.75) is 20.8 Å². The summed E-state index contributed by atoms with van der Waals surface area (Å²) in [5.41, 5.74) is 0. The van der Waals surface area contributed by atoms with E-state index >= 15 is 0 Å². The molecule has 0 aromatic carbocycles. The van der Waals surface area contributed by atoms with Gasteiger partial charge in [0.15, 0.2) is 0 Å². The molecule has 0 aliphatic carbocycles. The Hall–Kier alpha value is -0.0800. The highest BCUT2D eigenvalue weighted by atomic mass is 15.4. The van der Waals surface area contributed by atoms with Gasteiger partial charge in [-0.05, 0) is 0 Å². The predicted octanol–water partition coefficient (Wildman–Crippen LogP) is 1.04. The average Bonchev–Trinajstić information content (AvgIpc) is 1.91. The average molecular weight is 117 g/mol. The second kappa shape index (κ2) is 10.0. The minimum atomic E-state index is 0.941. The first-order valence-corrected chi connectivity index (χ1v) is 3.01. The summed E-state index contributed by atoms with van der Waals surface area (Å²) < 4.78 is 0. The summed E-state index contributed by atoms with van der Waals surface area (Å²) in [5, 5.41) is 1.75. The molecule has 0 heterocycles. The summed E-state index contributed by atoms with van der Waals surface area (Å²) in [5.74, 6) is 5.31. The van der Waals surface area contributed by atoms with Crippen molar-refractivity contribution < 1.29 is 0 Å². The zero-order chi connectivity index (χ0) is 6.99. The topological polar surface area (TPSA) is 29.3 Å². The van der Waals surface area contributed by atoms with Gasteiger partial charge in [0.2, 0.25) is 0 Å². The minimum Gasteiger partial charge on any atom is -0.269 e. The summed E-state index contributed by atoms with van der Waals surface area (Å²) >= 11 is 0. The Bertz CT molecular complexity index is 25.7. The first-order valence-electron chi connectivity index (χ1n) is 3.01. The molecule has 0 aromatic rings. The Kier molecular flexibility index (Phi) is 13.6. The molecule has 0 bridgehead atoms. The highest BCUT2D eigenvalue weighted by molar-refractivity contribution is 4.32. The van der Waals surface area contributed by atoms with E-state index in [9.17, 15) is 0 Å². The molecule has 2 nitrogen and oxygen atoms in total. The lowest BCUT2D eigenvalue weighted by Crippen LogP contribution is -2.29. The van der Waals surface area contributed by atoms with Gasteiger partial charge in [0, 0.05) is 13.1 Å². The molecule has 0 unspecified atom stereocenters. The summed E-state index contributed by atoms with van der Waals surface area (Å²) in [6.07, 6.45) is 0. The van der Waals surface area contributed by atoms with Crippen LogP contribution in [0.25, 0.3) is 0 Å². The van der Waals surface area contributed by atoms with E-state index in [0.29, 0.717) is 0 Å². The van der Waals surface area contributed by atoms with Crippen molar-refractivity contribution in [2.75, 3.05) is 13.1 Å². The van der Waals surface area contributed by atoms with Gasteiger partial charge in [-0.2, -0.15) is 0 Å². The Morgan fingerprint density at radius 3 is 1.50 bits per heavy atom. The van der Waals surface area contributed by atoms with Gasteiger partial charge in [0.25, 0.3) is 0 Å². The third-order valence-electron chi connectivity index (χ3n) is 0.812. The Morgan fingerprint density at radius 2 is 1.50 bits per heavy atom. The predicted molar refractivity (Wildman–Crippen MR) is 38.1 cm³/mol. The van der Waals surface area contributed by atoms with E-state index in [4.69, 9.17) is 5.84 Å². The van der Waals surface area contributed by atoms with Crippen LogP contribution in [0.15, 0.2) is 0 Å². The first-order chi connectivity index (χ1) is 3.81. The second-order valence-corrected chi connectivity index (χ2v) is 1.22. The maximum absolute atomic E-state index is 5.31. The minimum absolute atomic E-state index is 0.941. The molecule has 0 rings (SSSR count). The quantitative estimate of drug-likeness (QED) is 0.432. The van der Waals surface area contributed by atoms with Gasteiger partial charge in [0.1, 0.15) is 0 Å². The van der Waals surface area contributed by atoms with Crippen LogP contribution in [-0.2, 0) is 0 Å². The van der Waals surface area contributed by atoms with Crippen LogP contribution < -0.4 is 5.84 Å². The lowest BCUT2D eigenvalue weighted by molar-refractivity contribution is 0.316. The maximum Gasteiger partial charge on any atom is 0.00996 e. The molecule has 51 valence electrons. The zero-order valence-electron chi connectivity index (χ0n) is 6.15. The number of hydrazine groups is 1. The van der Waals surface area contributed by atoms with Gasteiger partial charge in [-0.25, -0.2) is 5.01 Å². The summed E-state index contributed by atoms with van der Waals surface area (Å²) in [6.45, 7) is 10.9. The Morgan fingerprint density at radius 1 is 1.25 bits per heavy atom. The smallest absolute Gasteiger partial charge is 0.00996 e. The van der Waals surface area contributed by atoms with Crippen molar-refractivity contribution in [2.24, 2.45) is 5.84 Å². The van der Waals surface area contributed by atoms with E-state index in [0.717, 1.165) is 13.1 Å². The van der Waals surface area contributed by atoms with Crippen molar-refractivity contribution in [3.05, 3.63) is 6.92 Å². The number of rotatable bonds is 2. The standard InChI is InChI=1S/C4H12N2.C2H5/c1-3-6(5)4-2;1-2/h3-5H2,1-2H3;1H2,2H3. The van der Waals surface area contributed by atoms with Crippen LogP contribution in [0.4, 0.5) is 0 Å². The van der Waals surface area contributed by atoms with Crippen molar-refractivity contribution in [1.29, 1.82) is 0 Å². The number of nitrogens with zero attached hydrogens (tertiary/aromatic N) is 1. The van der Waals surface area contributed by atoms with Crippen LogP contribution >= 0.6 is 0 Å². The molecule has 0 aliphatic heterocycles. The van der Waals surface area contributed by atoms with E-state index in [-0.39, 0.29) is 0 Å². The third kappa shape index (κ3) is 9.33. The van der Waals surface area contributed by atoms with Crippen LogP contribution in [0.1, 0.15) is 20.8 Å². The molecule has 2 heteroatoms. The highest BCUT2D eigenvalue weighted by Crippen LogP contribution is 1.68. The molecular formula is C6H17N2. The maximum atomic E-state index is 5.31. The van der Waals surface area contributed by atoms with Crippen molar-refractivity contribution in [1.82, 2.24) is 5.01 Å². The van der Waals surface area contributed by atoms with Crippen LogP contribution in [0, 0.1) is 6.92 Å². The van der Waals surface area contributed by atoms with Crippen molar-refractivity contribution >= 4 is 0 Å².